The summed E-state index contributed by atoms with van der Waals surface area (Å²) in [5.74, 6) is 7.80. The van der Waals surface area contributed by atoms with Crippen molar-refractivity contribution in [3.05, 3.63) is 29.5 Å². The van der Waals surface area contributed by atoms with E-state index < -0.39 is 14.6 Å². The van der Waals surface area contributed by atoms with Gasteiger partial charge in [-0.2, -0.15) is 5.10 Å². The Morgan fingerprint density at radius 1 is 1.47 bits per heavy atom. The molecule has 158 valence electrons. The number of aromatic nitrogens is 3. The maximum atomic E-state index is 12.1. The summed E-state index contributed by atoms with van der Waals surface area (Å²) in [4.78, 5) is 6.87. The highest BCUT2D eigenvalue weighted by Crippen LogP contribution is 2.42. The van der Waals surface area contributed by atoms with Gasteiger partial charge in [-0.05, 0) is 25.8 Å². The molecule has 0 unspecified atom stereocenters. The van der Waals surface area contributed by atoms with E-state index in [-0.39, 0.29) is 6.04 Å². The second kappa shape index (κ2) is 7.74. The van der Waals surface area contributed by atoms with Crippen molar-refractivity contribution >= 4 is 33.5 Å². The maximum absolute atomic E-state index is 12.1. The van der Waals surface area contributed by atoms with E-state index in [9.17, 15) is 8.42 Å². The van der Waals surface area contributed by atoms with Crippen LogP contribution in [0, 0.1) is 17.3 Å². The van der Waals surface area contributed by atoms with Crippen molar-refractivity contribution in [1.29, 1.82) is 5.41 Å². The number of nitrogens with one attached hydrogen (secondary N) is 3. The summed E-state index contributed by atoms with van der Waals surface area (Å²) in [7, 11) is -3.27. The first-order chi connectivity index (χ1) is 14.3. The van der Waals surface area contributed by atoms with Gasteiger partial charge in [0.25, 0.3) is 0 Å². The Hall–Kier alpha value is -2.90. The van der Waals surface area contributed by atoms with Gasteiger partial charge in [-0.25, -0.2) is 13.4 Å². The molecule has 1 saturated carbocycles. The molecule has 9 nitrogen and oxygen atoms in total. The maximum Gasteiger partial charge on any atom is 0.164 e. The van der Waals surface area contributed by atoms with Gasteiger partial charge in [0.15, 0.2) is 9.84 Å². The van der Waals surface area contributed by atoms with Crippen LogP contribution >= 0.6 is 0 Å². The number of hydrogen-bond donors (Lipinski definition) is 3. The zero-order valence-electron chi connectivity index (χ0n) is 16.9. The number of morpholine rings is 1. The lowest BCUT2D eigenvalue weighted by atomic mass is 10.1. The summed E-state index contributed by atoms with van der Waals surface area (Å²) in [5, 5.41) is 17.8. The third-order valence-corrected chi connectivity index (χ3v) is 7.37. The van der Waals surface area contributed by atoms with Gasteiger partial charge in [0.1, 0.15) is 22.2 Å². The molecule has 2 aliphatic rings. The number of hydrogen-bond acceptors (Lipinski definition) is 8. The minimum atomic E-state index is -3.27. The van der Waals surface area contributed by atoms with Gasteiger partial charge in [-0.15, -0.1) is 0 Å². The number of anilines is 3. The predicted molar refractivity (Wildman–Crippen MR) is 115 cm³/mol. The Bertz CT molecular complexity index is 1110. The van der Waals surface area contributed by atoms with E-state index in [0.29, 0.717) is 61.2 Å². The fraction of sp³-hybridized carbons (Fsp3) is 0.450. The lowest BCUT2D eigenvalue weighted by Crippen LogP contribution is -2.44. The Labute approximate surface area is 175 Å². The van der Waals surface area contributed by atoms with Crippen LogP contribution in [-0.2, 0) is 14.6 Å². The molecule has 0 spiro atoms. The molecule has 2 aromatic rings. The summed E-state index contributed by atoms with van der Waals surface area (Å²) in [5.41, 5.74) is 1.05. The van der Waals surface area contributed by atoms with E-state index in [1.54, 1.807) is 12.3 Å². The molecule has 4 rings (SSSR count). The van der Waals surface area contributed by atoms with Crippen molar-refractivity contribution in [2.45, 2.75) is 30.6 Å². The fourth-order valence-electron chi connectivity index (χ4n) is 3.44. The molecule has 1 aliphatic heterocycles. The van der Waals surface area contributed by atoms with Crippen LogP contribution in [0.3, 0.4) is 0 Å². The Kier molecular flexibility index (Phi) is 5.26. The monoisotopic (exact) mass is 428 g/mol. The first kappa shape index (κ1) is 20.4. The lowest BCUT2D eigenvalue weighted by molar-refractivity contribution is 0.0985. The molecule has 1 atom stereocenters. The molecular weight excluding hydrogens is 404 g/mol. The molecule has 0 amide bonds. The summed E-state index contributed by atoms with van der Waals surface area (Å²) in [6.45, 7) is 3.93. The normalized spacial score (nSPS) is 20.2. The van der Waals surface area contributed by atoms with E-state index in [1.807, 2.05) is 6.07 Å². The van der Waals surface area contributed by atoms with Gasteiger partial charge in [0.2, 0.25) is 0 Å². The first-order valence-corrected chi connectivity index (χ1v) is 11.6. The van der Waals surface area contributed by atoms with Crippen LogP contribution in [0.4, 0.5) is 17.5 Å². The highest BCUT2D eigenvalue weighted by molar-refractivity contribution is 7.92. The molecule has 2 fully saturated rings. The summed E-state index contributed by atoms with van der Waals surface area (Å²) in [6, 6.07) is 3.71. The van der Waals surface area contributed by atoms with Gasteiger partial charge in [-0.1, -0.05) is 11.8 Å². The molecule has 0 aromatic carbocycles. The minimum Gasteiger partial charge on any atom is -0.377 e. The van der Waals surface area contributed by atoms with Crippen LogP contribution in [0.15, 0.2) is 18.3 Å². The van der Waals surface area contributed by atoms with Crippen molar-refractivity contribution in [1.82, 2.24) is 15.2 Å². The standard InChI is InChI=1S/C20H24N6O3S/c1-14-13-29-10-9-26(14)18-11-15(3-5-20(6-7-20)30(2,27)28)16(12-21)19(24-18)23-17-4-8-22-25-17/h4,8,11-12,14,21H,6-7,9-10,13H2,1-2H3,(H2,22,23,24,25)/t14-/m1/s1. The molecule has 3 N–H and O–H groups in total. The Morgan fingerprint density at radius 3 is 2.87 bits per heavy atom. The number of sulfone groups is 1. The average molecular weight is 429 g/mol. The molecule has 10 heteroatoms. The third-order valence-electron chi connectivity index (χ3n) is 5.44. The topological polar surface area (TPSA) is 124 Å². The van der Waals surface area contributed by atoms with Crippen molar-refractivity contribution in [3.63, 3.8) is 0 Å². The van der Waals surface area contributed by atoms with E-state index >= 15 is 0 Å². The van der Waals surface area contributed by atoms with Crippen LogP contribution in [0.2, 0.25) is 0 Å². The van der Waals surface area contributed by atoms with Crippen LogP contribution in [0.5, 0.6) is 0 Å². The van der Waals surface area contributed by atoms with Gasteiger partial charge < -0.3 is 20.4 Å². The smallest absolute Gasteiger partial charge is 0.164 e. The first-order valence-electron chi connectivity index (χ1n) is 9.72. The number of rotatable bonds is 5. The zero-order valence-corrected chi connectivity index (χ0v) is 17.7. The molecule has 2 aromatic heterocycles. The van der Waals surface area contributed by atoms with Crippen molar-refractivity contribution in [2.75, 3.05) is 36.2 Å². The van der Waals surface area contributed by atoms with Gasteiger partial charge in [-0.3, -0.25) is 5.10 Å². The number of ether oxygens (including phenoxy) is 1. The third kappa shape index (κ3) is 3.91. The molecular formula is C20H24N6O3S. The number of H-pyrrole nitrogens is 1. The Balaban J connectivity index is 1.81. The summed E-state index contributed by atoms with van der Waals surface area (Å²) < 4.78 is 28.8. The second-order valence-electron chi connectivity index (χ2n) is 7.66. The number of aromatic amines is 1. The second-order valence-corrected chi connectivity index (χ2v) is 9.99. The molecule has 30 heavy (non-hydrogen) atoms. The fourth-order valence-corrected chi connectivity index (χ4v) is 4.52. The van der Waals surface area contributed by atoms with Crippen LogP contribution in [-0.4, -0.2) is 66.6 Å². The highest BCUT2D eigenvalue weighted by Gasteiger charge is 2.51. The zero-order chi connectivity index (χ0) is 21.4. The van der Waals surface area contributed by atoms with E-state index in [4.69, 9.17) is 15.1 Å². The SMILES string of the molecule is C[C@@H]1COCCN1c1cc(C#CC2(S(C)(=O)=O)CC2)c(C=N)c(Nc2ccn[nH]2)n1. The van der Waals surface area contributed by atoms with Crippen LogP contribution in [0.25, 0.3) is 0 Å². The largest absolute Gasteiger partial charge is 0.377 e. The molecule has 3 heterocycles. The van der Waals surface area contributed by atoms with Crippen molar-refractivity contribution in [3.8, 4) is 11.8 Å². The summed E-state index contributed by atoms with van der Waals surface area (Å²) in [6.07, 6.45) is 5.10. The number of pyridine rings is 1. The molecule has 0 radical (unpaired) electrons. The van der Waals surface area contributed by atoms with Crippen LogP contribution < -0.4 is 10.2 Å². The summed E-state index contributed by atoms with van der Waals surface area (Å²) >= 11 is 0. The van der Waals surface area contributed by atoms with Crippen molar-refractivity contribution < 1.29 is 13.2 Å². The average Bonchev–Trinajstić information content (AvgIpc) is 3.35. The molecule has 1 aliphatic carbocycles. The van der Waals surface area contributed by atoms with E-state index in [2.05, 4.69) is 39.2 Å². The minimum absolute atomic E-state index is 0.128. The van der Waals surface area contributed by atoms with Crippen LogP contribution in [0.1, 0.15) is 30.9 Å². The van der Waals surface area contributed by atoms with E-state index in [1.165, 1.54) is 12.5 Å². The predicted octanol–water partition coefficient (Wildman–Crippen LogP) is 1.70. The highest BCUT2D eigenvalue weighted by atomic mass is 32.2. The molecule has 0 bridgehead atoms. The quantitative estimate of drug-likeness (QED) is 0.489. The molecule has 1 saturated heterocycles. The Morgan fingerprint density at radius 2 is 2.27 bits per heavy atom. The van der Waals surface area contributed by atoms with Gasteiger partial charge in [0, 0.05) is 30.6 Å². The van der Waals surface area contributed by atoms with Crippen molar-refractivity contribution in [2.24, 2.45) is 0 Å². The van der Waals surface area contributed by atoms with Gasteiger partial charge >= 0.3 is 0 Å². The van der Waals surface area contributed by atoms with Gasteiger partial charge in [0.05, 0.1) is 31.0 Å². The van der Waals surface area contributed by atoms with E-state index in [0.717, 1.165) is 0 Å². The lowest BCUT2D eigenvalue weighted by Gasteiger charge is -2.34. The number of nitrogens with zero attached hydrogens (tertiary/aromatic N) is 3.